The summed E-state index contributed by atoms with van der Waals surface area (Å²) < 4.78 is 42.8. The molecule has 1 aliphatic rings. The van der Waals surface area contributed by atoms with Crippen LogP contribution < -0.4 is 5.32 Å². The summed E-state index contributed by atoms with van der Waals surface area (Å²) >= 11 is 0. The molecule has 0 radical (unpaired) electrons. The molecule has 4 heterocycles. The molecule has 1 aliphatic heterocycles. The molecule has 1 saturated heterocycles. The third-order valence-electron chi connectivity index (χ3n) is 5.61. The average Bonchev–Trinajstić information content (AvgIpc) is 3.33. The molecule has 0 amide bonds. The summed E-state index contributed by atoms with van der Waals surface area (Å²) in [7, 11) is 1.90. The maximum Gasteiger partial charge on any atom is 0.258 e. The van der Waals surface area contributed by atoms with E-state index in [4.69, 9.17) is 0 Å². The third-order valence-corrected chi connectivity index (χ3v) is 5.61. The van der Waals surface area contributed by atoms with Crippen LogP contribution in [0.5, 0.6) is 0 Å². The third kappa shape index (κ3) is 3.80. The van der Waals surface area contributed by atoms with Crippen molar-refractivity contribution < 1.29 is 13.2 Å². The number of benzene rings is 1. The number of halogens is 3. The fraction of sp³-hybridized carbons (Fsp3) is 0.400. The van der Waals surface area contributed by atoms with E-state index in [1.165, 1.54) is 4.68 Å². The number of hydrogen-bond acceptors (Lipinski definition) is 6. The molecule has 162 valence electrons. The lowest BCUT2D eigenvalue weighted by Gasteiger charge is -2.32. The Morgan fingerprint density at radius 3 is 2.90 bits per heavy atom. The SMILES string of the molecule is CN1CC[C@H](Nc2ncc3c(-c4ccc5nnn(CC(F)F)c5c4)ccn3n2)[C@H](F)C1. The van der Waals surface area contributed by atoms with Gasteiger partial charge < -0.3 is 10.2 Å². The van der Waals surface area contributed by atoms with E-state index < -0.39 is 19.1 Å². The van der Waals surface area contributed by atoms with Gasteiger partial charge in [-0.05, 0) is 37.2 Å². The summed E-state index contributed by atoms with van der Waals surface area (Å²) in [6.07, 6.45) is 0.633. The van der Waals surface area contributed by atoms with Gasteiger partial charge in [0.25, 0.3) is 6.43 Å². The van der Waals surface area contributed by atoms with Gasteiger partial charge in [0, 0.05) is 24.8 Å². The van der Waals surface area contributed by atoms with E-state index in [2.05, 4.69) is 25.7 Å². The summed E-state index contributed by atoms with van der Waals surface area (Å²) in [5.74, 6) is 0.363. The Morgan fingerprint density at radius 1 is 1.23 bits per heavy atom. The molecule has 4 aromatic rings. The number of alkyl halides is 3. The number of nitrogens with one attached hydrogen (secondary N) is 1. The van der Waals surface area contributed by atoms with Crippen molar-refractivity contribution in [3.8, 4) is 11.1 Å². The average molecular weight is 430 g/mol. The Kier molecular flexibility index (Phi) is 4.97. The van der Waals surface area contributed by atoms with Crippen LogP contribution in [0, 0.1) is 0 Å². The van der Waals surface area contributed by atoms with Crippen LogP contribution in [0.3, 0.4) is 0 Å². The number of hydrogen-bond donors (Lipinski definition) is 1. The zero-order valence-electron chi connectivity index (χ0n) is 16.8. The first-order chi connectivity index (χ1) is 15.0. The second kappa shape index (κ2) is 7.80. The molecule has 8 nitrogen and oxygen atoms in total. The van der Waals surface area contributed by atoms with Crippen LogP contribution in [0.2, 0.25) is 0 Å². The number of piperidine rings is 1. The van der Waals surface area contributed by atoms with Crippen LogP contribution >= 0.6 is 0 Å². The fourth-order valence-corrected chi connectivity index (χ4v) is 3.99. The monoisotopic (exact) mass is 430 g/mol. The molecular formula is C20H21F3N8. The number of nitrogens with zero attached hydrogens (tertiary/aromatic N) is 7. The first-order valence-corrected chi connectivity index (χ1v) is 10.0. The fourth-order valence-electron chi connectivity index (χ4n) is 3.99. The summed E-state index contributed by atoms with van der Waals surface area (Å²) in [5, 5.41) is 15.3. The highest BCUT2D eigenvalue weighted by Crippen LogP contribution is 2.28. The van der Waals surface area contributed by atoms with Crippen molar-refractivity contribution in [1.82, 2.24) is 34.5 Å². The first-order valence-electron chi connectivity index (χ1n) is 10.0. The van der Waals surface area contributed by atoms with Crippen molar-refractivity contribution in [2.24, 2.45) is 0 Å². The molecule has 1 N–H and O–H groups in total. The second-order valence-corrected chi connectivity index (χ2v) is 7.82. The van der Waals surface area contributed by atoms with Crippen LogP contribution in [-0.2, 0) is 6.54 Å². The zero-order chi connectivity index (χ0) is 21.5. The summed E-state index contributed by atoms with van der Waals surface area (Å²) in [6.45, 7) is 0.682. The highest BCUT2D eigenvalue weighted by Gasteiger charge is 2.28. The first kappa shape index (κ1) is 19.7. The van der Waals surface area contributed by atoms with E-state index in [0.29, 0.717) is 29.9 Å². The molecule has 0 spiro atoms. The number of likely N-dealkylation sites (tertiary alicyclic amines) is 1. The normalized spacial score (nSPS) is 20.2. The predicted molar refractivity (Wildman–Crippen MR) is 110 cm³/mol. The Balaban J connectivity index is 1.44. The molecule has 0 unspecified atom stereocenters. The van der Waals surface area contributed by atoms with Gasteiger partial charge in [-0.25, -0.2) is 27.4 Å². The molecule has 1 aromatic carbocycles. The smallest absolute Gasteiger partial charge is 0.258 e. The summed E-state index contributed by atoms with van der Waals surface area (Å²) in [4.78, 5) is 6.33. The van der Waals surface area contributed by atoms with Crippen molar-refractivity contribution in [3.05, 3.63) is 36.7 Å². The van der Waals surface area contributed by atoms with Gasteiger partial charge in [-0.2, -0.15) is 0 Å². The number of anilines is 1. The minimum atomic E-state index is -2.52. The lowest BCUT2D eigenvalue weighted by Crippen LogP contribution is -2.46. The molecule has 0 aliphatic carbocycles. The maximum absolute atomic E-state index is 14.3. The van der Waals surface area contributed by atoms with Gasteiger partial charge in [-0.1, -0.05) is 11.3 Å². The van der Waals surface area contributed by atoms with Crippen molar-refractivity contribution in [2.75, 3.05) is 25.5 Å². The van der Waals surface area contributed by atoms with E-state index in [9.17, 15) is 13.2 Å². The van der Waals surface area contributed by atoms with Crippen molar-refractivity contribution in [1.29, 1.82) is 0 Å². The molecule has 5 rings (SSSR count). The van der Waals surface area contributed by atoms with Crippen molar-refractivity contribution in [2.45, 2.75) is 31.6 Å². The Labute approximate surface area is 175 Å². The van der Waals surface area contributed by atoms with Crippen LogP contribution in [-0.4, -0.2) is 73.3 Å². The standard InChI is InChI=1S/C20H21F3N8/c1-29-6-5-15(14(21)10-29)25-20-24-9-18-13(4-7-30(18)27-20)12-2-3-16-17(8-12)31(28-26-16)11-19(22)23/h2-4,7-9,14-15,19H,5-6,10-11H2,1H3,(H,25,27)/t14-,15+/m1/s1. The van der Waals surface area contributed by atoms with Gasteiger partial charge >= 0.3 is 0 Å². The van der Waals surface area contributed by atoms with Gasteiger partial charge in [0.05, 0.1) is 23.3 Å². The van der Waals surface area contributed by atoms with Gasteiger partial charge in [0.1, 0.15) is 18.2 Å². The summed E-state index contributed by atoms with van der Waals surface area (Å²) in [5.41, 5.74) is 3.50. The molecule has 1 fully saturated rings. The van der Waals surface area contributed by atoms with Crippen molar-refractivity contribution in [3.63, 3.8) is 0 Å². The lowest BCUT2D eigenvalue weighted by molar-refractivity contribution is 0.122. The van der Waals surface area contributed by atoms with Crippen LogP contribution in [0.1, 0.15) is 6.42 Å². The molecule has 3 aromatic heterocycles. The molecule has 0 saturated carbocycles. The molecule has 11 heteroatoms. The molecule has 31 heavy (non-hydrogen) atoms. The van der Waals surface area contributed by atoms with Crippen molar-refractivity contribution >= 4 is 22.5 Å². The second-order valence-electron chi connectivity index (χ2n) is 7.82. The highest BCUT2D eigenvalue weighted by molar-refractivity contribution is 5.87. The van der Waals surface area contributed by atoms with Crippen LogP contribution in [0.4, 0.5) is 19.1 Å². The Morgan fingerprint density at radius 2 is 2.10 bits per heavy atom. The van der Waals surface area contributed by atoms with E-state index in [-0.39, 0.29) is 6.04 Å². The van der Waals surface area contributed by atoms with Gasteiger partial charge in [0.15, 0.2) is 0 Å². The van der Waals surface area contributed by atoms with E-state index in [1.807, 2.05) is 24.1 Å². The topological polar surface area (TPSA) is 76.2 Å². The maximum atomic E-state index is 14.3. The molecule has 0 bridgehead atoms. The number of fused-ring (bicyclic) bond motifs is 2. The quantitative estimate of drug-likeness (QED) is 0.525. The minimum Gasteiger partial charge on any atom is -0.347 e. The predicted octanol–water partition coefficient (Wildman–Crippen LogP) is 2.86. The van der Waals surface area contributed by atoms with Gasteiger partial charge in [-0.15, -0.1) is 10.2 Å². The van der Waals surface area contributed by atoms with Gasteiger partial charge in [0.2, 0.25) is 5.95 Å². The van der Waals surface area contributed by atoms with E-state index in [0.717, 1.165) is 23.2 Å². The zero-order valence-corrected chi connectivity index (χ0v) is 16.8. The summed E-state index contributed by atoms with van der Waals surface area (Å²) in [6, 6.07) is 6.95. The van der Waals surface area contributed by atoms with E-state index in [1.54, 1.807) is 29.0 Å². The lowest BCUT2D eigenvalue weighted by atomic mass is 10.0. The largest absolute Gasteiger partial charge is 0.347 e. The minimum absolute atomic E-state index is 0.325. The van der Waals surface area contributed by atoms with Crippen LogP contribution in [0.25, 0.3) is 27.7 Å². The molecule has 2 atom stereocenters. The van der Waals surface area contributed by atoms with Gasteiger partial charge in [-0.3, -0.25) is 0 Å². The Hall–Kier alpha value is -3.21. The Bertz CT molecular complexity index is 1220. The van der Waals surface area contributed by atoms with E-state index >= 15 is 0 Å². The van der Waals surface area contributed by atoms with Crippen LogP contribution in [0.15, 0.2) is 36.7 Å². The highest BCUT2D eigenvalue weighted by atomic mass is 19.3. The number of aromatic nitrogens is 6. The molecular weight excluding hydrogens is 409 g/mol. The number of rotatable bonds is 5.